The Balaban J connectivity index is 1.64. The average Bonchev–Trinajstić information content (AvgIpc) is 3.45. The average molecular weight is 537 g/mol. The largest absolute Gasteiger partial charge is 0.481 e. The van der Waals surface area contributed by atoms with Gasteiger partial charge in [-0.15, -0.1) is 18.3 Å². The highest BCUT2D eigenvalue weighted by Gasteiger charge is 2.78. The minimum atomic E-state index is -0.991. The van der Waals surface area contributed by atoms with Crippen LogP contribution in [-0.4, -0.2) is 67.6 Å². The summed E-state index contributed by atoms with van der Waals surface area (Å²) in [7, 11) is 0. The Morgan fingerprint density at radius 3 is 2.55 bits per heavy atom. The van der Waals surface area contributed by atoms with Gasteiger partial charge in [0.1, 0.15) is 6.04 Å². The fraction of sp³-hybridized carbons (Fsp3) is 0.500. The van der Waals surface area contributed by atoms with Crippen molar-refractivity contribution >= 4 is 46.0 Å². The molecular weight excluding hydrogens is 500 g/mol. The van der Waals surface area contributed by atoms with E-state index >= 15 is 0 Å². The van der Waals surface area contributed by atoms with Crippen molar-refractivity contribution in [3.8, 4) is 0 Å². The van der Waals surface area contributed by atoms with Crippen molar-refractivity contribution in [1.29, 1.82) is 0 Å². The molecule has 2 aromatic carbocycles. The number of carboxylic acid groups (broad SMARTS) is 1. The highest BCUT2D eigenvalue weighted by Crippen LogP contribution is 2.71. The number of fused-ring (bicyclic) bond motifs is 2. The Bertz CT molecular complexity index is 1300. The van der Waals surface area contributed by atoms with Crippen LogP contribution in [0, 0.1) is 17.8 Å². The van der Waals surface area contributed by atoms with Gasteiger partial charge >= 0.3 is 5.97 Å². The van der Waals surface area contributed by atoms with Crippen molar-refractivity contribution in [2.45, 2.75) is 61.6 Å². The van der Waals surface area contributed by atoms with Crippen LogP contribution in [-0.2, 0) is 14.4 Å². The van der Waals surface area contributed by atoms with Gasteiger partial charge in [0.05, 0.1) is 29.2 Å². The number of rotatable bonds is 9. The van der Waals surface area contributed by atoms with E-state index in [2.05, 4.69) is 6.58 Å². The predicted molar refractivity (Wildman–Crippen MR) is 150 cm³/mol. The lowest BCUT2D eigenvalue weighted by Gasteiger charge is -2.40. The van der Waals surface area contributed by atoms with Crippen LogP contribution in [0.4, 0.5) is 5.69 Å². The standard InChI is InChI=1S/C30H36N2O5S/c1-5-14-31(21-11-10-19-8-6-7-9-20(19)16-21)27(35)25-30-13-12-29(4,38-30)24(28(36)37)23(30)26(34)32(25)22(17-33)15-18(2)3/h5-11,16,18,22-25,33H,1,12-15,17H2,2-4H3,(H,36,37)/t22-,23+,24+,25?,29-,30?/m1/s1. The fourth-order valence-electron chi connectivity index (χ4n) is 7.18. The lowest BCUT2D eigenvalue weighted by Crippen LogP contribution is -2.57. The first-order chi connectivity index (χ1) is 18.1. The number of aliphatic hydroxyl groups is 1. The van der Waals surface area contributed by atoms with Crippen LogP contribution in [0.3, 0.4) is 0 Å². The molecule has 2 amide bonds. The number of thioether (sulfide) groups is 1. The number of aliphatic hydroxyl groups excluding tert-OH is 1. The minimum Gasteiger partial charge on any atom is -0.481 e. The molecule has 6 atom stereocenters. The first-order valence-corrected chi connectivity index (χ1v) is 14.2. The SMILES string of the molecule is C=CCN(C(=O)C1N([C@@H](CO)CC(C)C)C(=O)[C@@H]2[C@@H](C(=O)O)[C@@]3(C)CCC12S3)c1ccc2ccccc2c1. The molecule has 8 heteroatoms. The molecule has 202 valence electrons. The maximum Gasteiger partial charge on any atom is 0.308 e. The van der Waals surface area contributed by atoms with Crippen molar-refractivity contribution in [3.05, 3.63) is 55.1 Å². The number of carbonyl (C=O) groups excluding carboxylic acids is 2. The third-order valence-electron chi connectivity index (χ3n) is 8.68. The van der Waals surface area contributed by atoms with Gasteiger partial charge in [-0.1, -0.05) is 50.3 Å². The number of hydrogen-bond donors (Lipinski definition) is 2. The second-order valence-electron chi connectivity index (χ2n) is 11.5. The molecule has 5 rings (SSSR count). The van der Waals surface area contributed by atoms with Crippen molar-refractivity contribution in [2.24, 2.45) is 17.8 Å². The normalized spacial score (nSPS) is 30.6. The monoisotopic (exact) mass is 536 g/mol. The molecular formula is C30H36N2O5S. The van der Waals surface area contributed by atoms with Gasteiger partial charge in [0.25, 0.3) is 5.91 Å². The molecule has 3 saturated heterocycles. The van der Waals surface area contributed by atoms with Crippen molar-refractivity contribution in [1.82, 2.24) is 4.90 Å². The van der Waals surface area contributed by atoms with E-state index in [4.69, 9.17) is 0 Å². The molecule has 2 aromatic rings. The Morgan fingerprint density at radius 1 is 1.21 bits per heavy atom. The molecule has 2 unspecified atom stereocenters. The first-order valence-electron chi connectivity index (χ1n) is 13.3. The third kappa shape index (κ3) is 3.95. The first kappa shape index (κ1) is 26.8. The lowest BCUT2D eigenvalue weighted by atomic mass is 9.66. The number of benzene rings is 2. The highest BCUT2D eigenvalue weighted by molar-refractivity contribution is 8.02. The van der Waals surface area contributed by atoms with Gasteiger partial charge in [-0.2, -0.15) is 0 Å². The quantitative estimate of drug-likeness (QED) is 0.463. The summed E-state index contributed by atoms with van der Waals surface area (Å²) in [5, 5.41) is 22.7. The number of hydrogen-bond acceptors (Lipinski definition) is 5. The molecule has 0 radical (unpaired) electrons. The molecule has 2 N–H and O–H groups in total. The van der Waals surface area contributed by atoms with Crippen LogP contribution in [0.1, 0.15) is 40.0 Å². The van der Waals surface area contributed by atoms with E-state index in [1.165, 1.54) is 11.8 Å². The van der Waals surface area contributed by atoms with Gasteiger partial charge in [0, 0.05) is 17.0 Å². The van der Waals surface area contributed by atoms with Gasteiger partial charge in [-0.05, 0) is 55.0 Å². The van der Waals surface area contributed by atoms with E-state index in [-0.39, 0.29) is 30.9 Å². The summed E-state index contributed by atoms with van der Waals surface area (Å²) >= 11 is 1.51. The van der Waals surface area contributed by atoms with Crippen LogP contribution >= 0.6 is 11.8 Å². The van der Waals surface area contributed by atoms with Crippen LogP contribution in [0.15, 0.2) is 55.1 Å². The van der Waals surface area contributed by atoms with E-state index in [0.29, 0.717) is 24.9 Å². The Labute approximate surface area is 227 Å². The van der Waals surface area contributed by atoms with Crippen LogP contribution in [0.25, 0.3) is 10.8 Å². The summed E-state index contributed by atoms with van der Waals surface area (Å²) in [5.74, 6) is -3.06. The summed E-state index contributed by atoms with van der Waals surface area (Å²) in [6.45, 7) is 9.79. The maximum absolute atomic E-state index is 14.7. The number of carbonyl (C=O) groups is 3. The molecule has 7 nitrogen and oxygen atoms in total. The van der Waals surface area contributed by atoms with E-state index in [9.17, 15) is 24.6 Å². The zero-order valence-electron chi connectivity index (χ0n) is 22.2. The van der Waals surface area contributed by atoms with Crippen molar-refractivity contribution in [3.63, 3.8) is 0 Å². The topological polar surface area (TPSA) is 98.2 Å². The molecule has 3 aliphatic heterocycles. The Hall–Kier alpha value is -2.84. The molecule has 3 fully saturated rings. The van der Waals surface area contributed by atoms with Gasteiger partial charge in [-0.25, -0.2) is 0 Å². The Kier molecular flexibility index (Phi) is 6.84. The van der Waals surface area contributed by atoms with E-state index in [1.807, 2.05) is 63.2 Å². The fourth-order valence-corrected chi connectivity index (χ4v) is 9.51. The molecule has 0 aromatic heterocycles. The van der Waals surface area contributed by atoms with E-state index in [0.717, 1.165) is 10.8 Å². The summed E-state index contributed by atoms with van der Waals surface area (Å²) in [6.07, 6.45) is 3.40. The molecule has 3 heterocycles. The molecule has 0 saturated carbocycles. The number of carboxylic acids is 1. The summed E-state index contributed by atoms with van der Waals surface area (Å²) < 4.78 is -1.47. The van der Waals surface area contributed by atoms with Crippen molar-refractivity contribution in [2.75, 3.05) is 18.1 Å². The Morgan fingerprint density at radius 2 is 1.92 bits per heavy atom. The predicted octanol–water partition coefficient (Wildman–Crippen LogP) is 4.33. The van der Waals surface area contributed by atoms with E-state index < -0.39 is 39.4 Å². The van der Waals surface area contributed by atoms with Gasteiger partial charge in [-0.3, -0.25) is 14.4 Å². The third-order valence-corrected chi connectivity index (χ3v) is 10.7. The van der Waals surface area contributed by atoms with E-state index in [1.54, 1.807) is 15.9 Å². The number of anilines is 1. The van der Waals surface area contributed by atoms with Gasteiger partial charge in [0.2, 0.25) is 5.91 Å². The zero-order chi connectivity index (χ0) is 27.4. The lowest BCUT2D eigenvalue weighted by molar-refractivity contribution is -0.150. The molecule has 1 spiro atoms. The van der Waals surface area contributed by atoms with Crippen LogP contribution in [0.2, 0.25) is 0 Å². The van der Waals surface area contributed by atoms with Gasteiger partial charge in [0.15, 0.2) is 0 Å². The summed E-state index contributed by atoms with van der Waals surface area (Å²) in [6, 6.07) is 12.3. The maximum atomic E-state index is 14.7. The highest BCUT2D eigenvalue weighted by atomic mass is 32.2. The minimum absolute atomic E-state index is 0.176. The zero-order valence-corrected chi connectivity index (χ0v) is 23.0. The number of aliphatic carboxylic acids is 1. The molecule has 0 aliphatic carbocycles. The summed E-state index contributed by atoms with van der Waals surface area (Å²) in [4.78, 5) is 44.6. The smallest absolute Gasteiger partial charge is 0.308 e. The van der Waals surface area contributed by atoms with Crippen LogP contribution < -0.4 is 4.90 Å². The molecule has 3 aliphatic rings. The number of amides is 2. The second-order valence-corrected chi connectivity index (χ2v) is 13.4. The van der Waals surface area contributed by atoms with Crippen LogP contribution in [0.5, 0.6) is 0 Å². The van der Waals surface area contributed by atoms with Crippen molar-refractivity contribution < 1.29 is 24.6 Å². The number of likely N-dealkylation sites (tertiary alicyclic amines) is 1. The second kappa shape index (κ2) is 9.72. The number of nitrogens with zero attached hydrogens (tertiary/aromatic N) is 2. The van der Waals surface area contributed by atoms with Gasteiger partial charge < -0.3 is 20.0 Å². The summed E-state index contributed by atoms with van der Waals surface area (Å²) in [5.41, 5.74) is 0.698. The molecule has 2 bridgehead atoms. The molecule has 38 heavy (non-hydrogen) atoms.